The van der Waals surface area contributed by atoms with Gasteiger partial charge < -0.3 is 10.4 Å². The molecule has 106 valence electrons. The van der Waals surface area contributed by atoms with Crippen LogP contribution < -0.4 is 15.1 Å². The molecule has 20 heavy (non-hydrogen) atoms. The summed E-state index contributed by atoms with van der Waals surface area (Å²) in [5.41, 5.74) is 1.61. The SMILES string of the molecule is CNCc1c(/N=C(/C)[O-])on[n+]1Cc1ccccc1Cl. The fourth-order valence-corrected chi connectivity index (χ4v) is 1.97. The Kier molecular flexibility index (Phi) is 4.70. The molecule has 0 saturated carbocycles. The number of halogens is 1. The van der Waals surface area contributed by atoms with Gasteiger partial charge in [-0.15, -0.1) is 0 Å². The molecule has 0 radical (unpaired) electrons. The summed E-state index contributed by atoms with van der Waals surface area (Å²) < 4.78 is 6.75. The average molecular weight is 295 g/mol. The maximum absolute atomic E-state index is 11.1. The molecule has 0 spiro atoms. The third-order valence-corrected chi connectivity index (χ3v) is 3.03. The van der Waals surface area contributed by atoms with Crippen LogP contribution in [0.5, 0.6) is 0 Å². The lowest BCUT2D eigenvalue weighted by Crippen LogP contribution is -2.41. The van der Waals surface area contributed by atoms with Gasteiger partial charge in [0.25, 0.3) is 5.69 Å². The highest BCUT2D eigenvalue weighted by atomic mass is 35.5. The number of aliphatic imine (C=N–C) groups is 1. The molecule has 1 aromatic heterocycles. The Morgan fingerprint density at radius 1 is 1.50 bits per heavy atom. The molecule has 2 aromatic rings. The van der Waals surface area contributed by atoms with Crippen molar-refractivity contribution in [1.29, 1.82) is 0 Å². The molecule has 2 rings (SSSR count). The first-order valence-corrected chi connectivity index (χ1v) is 6.48. The molecule has 1 aromatic carbocycles. The molecule has 7 heteroatoms. The van der Waals surface area contributed by atoms with Crippen molar-refractivity contribution in [3.05, 3.63) is 40.5 Å². The Hall–Kier alpha value is -1.92. The van der Waals surface area contributed by atoms with Crippen LogP contribution in [-0.4, -0.2) is 18.2 Å². The quantitative estimate of drug-likeness (QED) is 0.502. The number of nitrogens with zero attached hydrogens (tertiary/aromatic N) is 3. The molecule has 0 unspecified atom stereocenters. The number of hydrogen-bond donors (Lipinski definition) is 1. The molecule has 0 fully saturated rings. The Morgan fingerprint density at radius 2 is 2.25 bits per heavy atom. The van der Waals surface area contributed by atoms with Crippen molar-refractivity contribution in [2.24, 2.45) is 4.99 Å². The van der Waals surface area contributed by atoms with Gasteiger partial charge in [-0.25, -0.2) is 4.99 Å². The molecule has 0 atom stereocenters. The van der Waals surface area contributed by atoms with Gasteiger partial charge in [0, 0.05) is 5.56 Å². The van der Waals surface area contributed by atoms with E-state index >= 15 is 0 Å². The van der Waals surface area contributed by atoms with Gasteiger partial charge in [-0.2, -0.15) is 0 Å². The van der Waals surface area contributed by atoms with Crippen LogP contribution in [0.4, 0.5) is 5.88 Å². The van der Waals surface area contributed by atoms with Crippen LogP contribution in [-0.2, 0) is 13.1 Å². The maximum atomic E-state index is 11.1. The highest BCUT2D eigenvalue weighted by molar-refractivity contribution is 6.31. The molecule has 0 aliphatic carbocycles. The van der Waals surface area contributed by atoms with E-state index in [1.807, 2.05) is 24.3 Å². The van der Waals surface area contributed by atoms with E-state index in [4.69, 9.17) is 16.1 Å². The van der Waals surface area contributed by atoms with E-state index in [2.05, 4.69) is 15.6 Å². The van der Waals surface area contributed by atoms with Crippen LogP contribution in [0.1, 0.15) is 18.2 Å². The Morgan fingerprint density at radius 3 is 2.90 bits per heavy atom. The summed E-state index contributed by atoms with van der Waals surface area (Å²) in [4.78, 5) is 3.80. The average Bonchev–Trinajstić information content (AvgIpc) is 2.75. The molecule has 0 aliphatic heterocycles. The molecule has 0 bridgehead atoms. The van der Waals surface area contributed by atoms with Gasteiger partial charge in [0.15, 0.2) is 0 Å². The van der Waals surface area contributed by atoms with Gasteiger partial charge in [0.1, 0.15) is 0 Å². The number of benzene rings is 1. The Balaban J connectivity index is 2.34. The Bertz CT molecular complexity index is 621. The minimum absolute atomic E-state index is 0.221. The Labute approximate surface area is 121 Å². The second-order valence-electron chi connectivity index (χ2n) is 4.23. The van der Waals surface area contributed by atoms with Gasteiger partial charge in [-0.05, 0) is 30.6 Å². The first kappa shape index (κ1) is 14.5. The molecular weight excluding hydrogens is 280 g/mol. The fraction of sp³-hybridized carbons (Fsp3) is 0.308. The van der Waals surface area contributed by atoms with Crippen molar-refractivity contribution in [2.75, 3.05) is 7.05 Å². The predicted molar refractivity (Wildman–Crippen MR) is 72.8 cm³/mol. The standard InChI is InChI=1S/C13H15ClN4O2/c1-9(19)16-13-12(7-15-2)18(17-20-13)8-10-5-3-4-6-11(10)14/h3-6,15H,7-8H2,1-2H3. The first-order chi connectivity index (χ1) is 9.61. The second-order valence-corrected chi connectivity index (χ2v) is 4.64. The van der Waals surface area contributed by atoms with Crippen molar-refractivity contribution < 1.29 is 14.3 Å². The van der Waals surface area contributed by atoms with Crippen molar-refractivity contribution in [3.8, 4) is 0 Å². The van der Waals surface area contributed by atoms with Crippen molar-refractivity contribution in [1.82, 2.24) is 10.6 Å². The van der Waals surface area contributed by atoms with E-state index in [1.54, 1.807) is 11.7 Å². The maximum Gasteiger partial charge on any atom is 0.325 e. The third kappa shape index (κ3) is 3.34. The molecular formula is C13H15ClN4O2. The van der Waals surface area contributed by atoms with Crippen molar-refractivity contribution in [3.63, 3.8) is 0 Å². The highest BCUT2D eigenvalue weighted by Gasteiger charge is 2.24. The van der Waals surface area contributed by atoms with E-state index in [0.717, 1.165) is 5.56 Å². The van der Waals surface area contributed by atoms with E-state index in [0.29, 0.717) is 23.8 Å². The van der Waals surface area contributed by atoms with Gasteiger partial charge >= 0.3 is 5.88 Å². The van der Waals surface area contributed by atoms with Crippen molar-refractivity contribution in [2.45, 2.75) is 20.0 Å². The summed E-state index contributed by atoms with van der Waals surface area (Å²) >= 11 is 6.13. The highest BCUT2D eigenvalue weighted by Crippen LogP contribution is 2.17. The molecule has 0 aliphatic rings. The minimum Gasteiger partial charge on any atom is -0.862 e. The molecule has 1 heterocycles. The minimum atomic E-state index is -0.330. The lowest BCUT2D eigenvalue weighted by molar-refractivity contribution is -0.760. The lowest BCUT2D eigenvalue weighted by Gasteiger charge is -2.00. The molecule has 6 nitrogen and oxygen atoms in total. The number of aromatic nitrogens is 2. The zero-order chi connectivity index (χ0) is 14.5. The van der Waals surface area contributed by atoms with Crippen LogP contribution in [0.15, 0.2) is 33.8 Å². The van der Waals surface area contributed by atoms with Gasteiger partial charge in [0.05, 0.1) is 11.6 Å². The lowest BCUT2D eigenvalue weighted by atomic mass is 10.2. The number of nitrogens with one attached hydrogen (secondary N) is 1. The smallest absolute Gasteiger partial charge is 0.325 e. The van der Waals surface area contributed by atoms with Gasteiger partial charge in [-0.1, -0.05) is 29.8 Å². The summed E-state index contributed by atoms with van der Waals surface area (Å²) in [6.45, 7) is 2.30. The van der Waals surface area contributed by atoms with Crippen LogP contribution >= 0.6 is 11.6 Å². The largest absolute Gasteiger partial charge is 0.862 e. The van der Waals surface area contributed by atoms with Crippen LogP contribution in [0, 0.1) is 0 Å². The summed E-state index contributed by atoms with van der Waals surface area (Å²) in [6, 6.07) is 7.50. The van der Waals surface area contributed by atoms with E-state index in [-0.39, 0.29) is 11.8 Å². The second kappa shape index (κ2) is 6.49. The molecule has 1 N–H and O–H groups in total. The zero-order valence-corrected chi connectivity index (χ0v) is 12.0. The van der Waals surface area contributed by atoms with Gasteiger partial charge in [0.2, 0.25) is 11.8 Å². The molecule has 0 saturated heterocycles. The van der Waals surface area contributed by atoms with Crippen molar-refractivity contribution >= 4 is 23.4 Å². The summed E-state index contributed by atoms with van der Waals surface area (Å²) in [7, 11) is 1.80. The summed E-state index contributed by atoms with van der Waals surface area (Å²) in [5.74, 6) is -0.109. The van der Waals surface area contributed by atoms with E-state index in [1.165, 1.54) is 6.92 Å². The third-order valence-electron chi connectivity index (χ3n) is 2.67. The van der Waals surface area contributed by atoms with Crippen LogP contribution in [0.3, 0.4) is 0 Å². The van der Waals surface area contributed by atoms with E-state index in [9.17, 15) is 5.11 Å². The monoisotopic (exact) mass is 294 g/mol. The zero-order valence-electron chi connectivity index (χ0n) is 11.3. The van der Waals surface area contributed by atoms with E-state index < -0.39 is 0 Å². The van der Waals surface area contributed by atoms with Crippen LogP contribution in [0.2, 0.25) is 5.02 Å². The summed E-state index contributed by atoms with van der Waals surface area (Å²) in [6.07, 6.45) is 0. The number of rotatable bonds is 5. The number of hydrogen-bond acceptors (Lipinski definition) is 5. The van der Waals surface area contributed by atoms with Crippen LogP contribution in [0.25, 0.3) is 0 Å². The topological polar surface area (TPSA) is 77.4 Å². The fourth-order valence-electron chi connectivity index (χ4n) is 1.77. The predicted octanol–water partition coefficient (Wildman–Crippen LogP) is 0.793. The normalized spacial score (nSPS) is 11.8. The molecule has 0 amide bonds. The first-order valence-electron chi connectivity index (χ1n) is 6.10. The summed E-state index contributed by atoms with van der Waals surface area (Å²) in [5, 5.41) is 18.7. The van der Waals surface area contributed by atoms with Gasteiger partial charge in [-0.3, -0.25) is 4.52 Å².